The Morgan fingerprint density at radius 2 is 1.81 bits per heavy atom. The van der Waals surface area contributed by atoms with Gasteiger partial charge in [-0.05, 0) is 29.3 Å². The van der Waals surface area contributed by atoms with Crippen molar-refractivity contribution in [3.8, 4) is 17.2 Å². The van der Waals surface area contributed by atoms with E-state index in [9.17, 15) is 0 Å². The summed E-state index contributed by atoms with van der Waals surface area (Å²) in [4.78, 5) is 4.08. The monoisotopic (exact) mass is 288 g/mol. The van der Waals surface area contributed by atoms with Crippen molar-refractivity contribution in [1.29, 1.82) is 0 Å². The summed E-state index contributed by atoms with van der Waals surface area (Å²) in [5.74, 6) is 1.85. The summed E-state index contributed by atoms with van der Waals surface area (Å²) < 4.78 is 16.6. The van der Waals surface area contributed by atoms with Gasteiger partial charge in [-0.1, -0.05) is 6.07 Å². The highest BCUT2D eigenvalue weighted by molar-refractivity contribution is 5.53. The molecular weight excluding hydrogens is 268 g/mol. The first-order chi connectivity index (χ1) is 10.3. The fraction of sp³-hybridized carbons (Fsp3) is 0.312. The SMILES string of the molecule is COc1cc(CN)cc(OC)c1OCCc1cccnc1. The molecule has 2 rings (SSSR count). The fourth-order valence-electron chi connectivity index (χ4n) is 2.01. The maximum absolute atomic E-state index is 5.83. The van der Waals surface area contributed by atoms with Crippen molar-refractivity contribution in [2.24, 2.45) is 5.73 Å². The van der Waals surface area contributed by atoms with E-state index in [1.165, 1.54) is 0 Å². The Morgan fingerprint density at radius 1 is 1.10 bits per heavy atom. The van der Waals surface area contributed by atoms with E-state index in [-0.39, 0.29) is 0 Å². The normalized spacial score (nSPS) is 10.2. The van der Waals surface area contributed by atoms with Gasteiger partial charge >= 0.3 is 0 Å². The molecule has 0 atom stereocenters. The molecule has 0 amide bonds. The van der Waals surface area contributed by atoms with Crippen molar-refractivity contribution >= 4 is 0 Å². The van der Waals surface area contributed by atoms with E-state index in [0.29, 0.717) is 30.4 Å². The predicted octanol–water partition coefficient (Wildman–Crippen LogP) is 2.18. The third kappa shape index (κ3) is 3.86. The molecule has 0 aliphatic carbocycles. The molecule has 1 heterocycles. The Labute approximate surface area is 124 Å². The number of rotatable bonds is 7. The van der Waals surface area contributed by atoms with Crippen molar-refractivity contribution in [2.45, 2.75) is 13.0 Å². The van der Waals surface area contributed by atoms with Crippen LogP contribution in [0.3, 0.4) is 0 Å². The van der Waals surface area contributed by atoms with Gasteiger partial charge in [0.2, 0.25) is 5.75 Å². The Hall–Kier alpha value is -2.27. The van der Waals surface area contributed by atoms with Crippen LogP contribution in [0.5, 0.6) is 17.2 Å². The number of hydrogen-bond acceptors (Lipinski definition) is 5. The summed E-state index contributed by atoms with van der Waals surface area (Å²) in [5.41, 5.74) is 7.72. The number of ether oxygens (including phenoxy) is 3. The van der Waals surface area contributed by atoms with Crippen molar-refractivity contribution in [3.05, 3.63) is 47.8 Å². The van der Waals surface area contributed by atoms with Crippen LogP contribution in [0.2, 0.25) is 0 Å². The largest absolute Gasteiger partial charge is 0.493 e. The van der Waals surface area contributed by atoms with Crippen LogP contribution in [0.1, 0.15) is 11.1 Å². The molecule has 0 saturated heterocycles. The quantitative estimate of drug-likeness (QED) is 0.846. The van der Waals surface area contributed by atoms with E-state index < -0.39 is 0 Å². The van der Waals surface area contributed by atoms with Gasteiger partial charge in [-0.3, -0.25) is 4.98 Å². The highest BCUT2D eigenvalue weighted by Gasteiger charge is 2.13. The first kappa shape index (κ1) is 15.1. The average Bonchev–Trinajstić information content (AvgIpc) is 2.55. The zero-order chi connectivity index (χ0) is 15.1. The van der Waals surface area contributed by atoms with Crippen LogP contribution in [0, 0.1) is 0 Å². The van der Waals surface area contributed by atoms with E-state index in [1.54, 1.807) is 20.4 Å². The second-order valence-electron chi connectivity index (χ2n) is 4.49. The molecule has 21 heavy (non-hydrogen) atoms. The summed E-state index contributed by atoms with van der Waals surface area (Å²) in [7, 11) is 3.20. The van der Waals surface area contributed by atoms with Crippen molar-refractivity contribution in [2.75, 3.05) is 20.8 Å². The lowest BCUT2D eigenvalue weighted by Gasteiger charge is -2.15. The second kappa shape index (κ2) is 7.50. The van der Waals surface area contributed by atoms with Crippen molar-refractivity contribution in [1.82, 2.24) is 4.98 Å². The summed E-state index contributed by atoms with van der Waals surface area (Å²) in [6.45, 7) is 0.934. The van der Waals surface area contributed by atoms with E-state index in [4.69, 9.17) is 19.9 Å². The molecule has 0 unspecified atom stereocenters. The lowest BCUT2D eigenvalue weighted by molar-refractivity contribution is 0.277. The van der Waals surface area contributed by atoms with Crippen LogP contribution in [0.4, 0.5) is 0 Å². The van der Waals surface area contributed by atoms with Crippen molar-refractivity contribution in [3.63, 3.8) is 0 Å². The van der Waals surface area contributed by atoms with E-state index in [2.05, 4.69) is 4.98 Å². The minimum Gasteiger partial charge on any atom is -0.493 e. The molecule has 0 spiro atoms. The Kier molecular flexibility index (Phi) is 5.40. The molecule has 0 radical (unpaired) electrons. The smallest absolute Gasteiger partial charge is 0.203 e. The van der Waals surface area contributed by atoms with Gasteiger partial charge in [0.25, 0.3) is 0 Å². The first-order valence-electron chi connectivity index (χ1n) is 6.75. The van der Waals surface area contributed by atoms with E-state index in [0.717, 1.165) is 17.5 Å². The summed E-state index contributed by atoms with van der Waals surface area (Å²) in [6, 6.07) is 7.65. The van der Waals surface area contributed by atoms with Crippen LogP contribution in [0.25, 0.3) is 0 Å². The highest BCUT2D eigenvalue weighted by Crippen LogP contribution is 2.38. The Balaban J connectivity index is 2.11. The Morgan fingerprint density at radius 3 is 2.33 bits per heavy atom. The number of methoxy groups -OCH3 is 2. The van der Waals surface area contributed by atoms with Crippen LogP contribution in [0.15, 0.2) is 36.7 Å². The summed E-state index contributed by atoms with van der Waals surface area (Å²) >= 11 is 0. The first-order valence-corrected chi connectivity index (χ1v) is 6.75. The van der Waals surface area contributed by atoms with Crippen LogP contribution in [-0.4, -0.2) is 25.8 Å². The number of hydrogen-bond donors (Lipinski definition) is 1. The maximum Gasteiger partial charge on any atom is 0.203 e. The van der Waals surface area contributed by atoms with Gasteiger partial charge in [0.15, 0.2) is 11.5 Å². The molecule has 5 nitrogen and oxygen atoms in total. The molecule has 1 aromatic heterocycles. The molecule has 0 saturated carbocycles. The molecule has 112 valence electrons. The standard InChI is InChI=1S/C16H20N2O3/c1-19-14-8-13(10-17)9-15(20-2)16(14)21-7-5-12-4-3-6-18-11-12/h3-4,6,8-9,11H,5,7,10,17H2,1-2H3. The lowest BCUT2D eigenvalue weighted by Crippen LogP contribution is -2.06. The van der Waals surface area contributed by atoms with Crippen LogP contribution in [-0.2, 0) is 13.0 Å². The second-order valence-corrected chi connectivity index (χ2v) is 4.49. The number of pyridine rings is 1. The van der Waals surface area contributed by atoms with E-state index >= 15 is 0 Å². The van der Waals surface area contributed by atoms with Crippen molar-refractivity contribution < 1.29 is 14.2 Å². The fourth-order valence-corrected chi connectivity index (χ4v) is 2.01. The minimum absolute atomic E-state index is 0.419. The average molecular weight is 288 g/mol. The molecule has 2 aromatic rings. The number of nitrogens with two attached hydrogens (primary N) is 1. The number of nitrogens with zero attached hydrogens (tertiary/aromatic N) is 1. The summed E-state index contributed by atoms with van der Waals surface area (Å²) in [5, 5.41) is 0. The molecular formula is C16H20N2O3. The van der Waals surface area contributed by atoms with Gasteiger partial charge in [-0.15, -0.1) is 0 Å². The molecule has 0 bridgehead atoms. The van der Waals surface area contributed by atoms with Gasteiger partial charge in [0, 0.05) is 25.4 Å². The van der Waals surface area contributed by atoms with Gasteiger partial charge in [-0.25, -0.2) is 0 Å². The number of benzene rings is 1. The molecule has 2 N–H and O–H groups in total. The highest BCUT2D eigenvalue weighted by atomic mass is 16.5. The van der Waals surface area contributed by atoms with Gasteiger partial charge in [0.05, 0.1) is 20.8 Å². The zero-order valence-corrected chi connectivity index (χ0v) is 12.3. The maximum atomic E-state index is 5.83. The van der Waals surface area contributed by atoms with Gasteiger partial charge < -0.3 is 19.9 Å². The number of aromatic nitrogens is 1. The molecule has 0 fully saturated rings. The minimum atomic E-state index is 0.419. The molecule has 0 aliphatic heterocycles. The third-order valence-electron chi connectivity index (χ3n) is 3.12. The van der Waals surface area contributed by atoms with Gasteiger partial charge in [0.1, 0.15) is 0 Å². The third-order valence-corrected chi connectivity index (χ3v) is 3.12. The lowest BCUT2D eigenvalue weighted by atomic mass is 10.2. The summed E-state index contributed by atoms with van der Waals surface area (Å²) in [6.07, 6.45) is 4.34. The van der Waals surface area contributed by atoms with Gasteiger partial charge in [-0.2, -0.15) is 0 Å². The van der Waals surface area contributed by atoms with Crippen LogP contribution >= 0.6 is 0 Å². The zero-order valence-electron chi connectivity index (χ0n) is 12.3. The molecule has 5 heteroatoms. The molecule has 0 aliphatic rings. The molecule has 1 aromatic carbocycles. The topological polar surface area (TPSA) is 66.6 Å². The van der Waals surface area contributed by atoms with Crippen LogP contribution < -0.4 is 19.9 Å². The Bertz CT molecular complexity index is 548. The van der Waals surface area contributed by atoms with E-state index in [1.807, 2.05) is 30.5 Å². The predicted molar refractivity (Wildman–Crippen MR) is 80.9 cm³/mol.